The maximum atomic E-state index is 14.2. The summed E-state index contributed by atoms with van der Waals surface area (Å²) in [6, 6.07) is 96.5. The van der Waals surface area contributed by atoms with E-state index in [1.165, 1.54) is 72.6 Å². The van der Waals surface area contributed by atoms with Gasteiger partial charge in [-0.25, -0.2) is 4.39 Å². The molecule has 0 heterocycles. The Hall–Kier alpha value is -8.63. The van der Waals surface area contributed by atoms with Gasteiger partial charge in [-0.15, -0.1) is 0 Å². The normalized spacial score (nSPS) is 9.90. The maximum Gasteiger partial charge on any atom is 0.127 e. The standard InChI is InChI=1S/C19H15F.C13H13N.C13H12.2C9H12.2C7H8.C4H12Si/c1-14-18(16-10-6-3-7-11-16)12-17(13-19(14)20)15-8-4-2-5-9-15;1-14(12-8-4-2-5-9-12)13-10-6-3-7-11-13;1-11-7-5-6-10-13(11)12-8-3-2-4-9-12;1-7-4-5-8(2)9(3)6-7;1-7-5-4-6-8(2)9(7)3;2*1-7-5-3-2-4-6-7;1-5(2,3)4/h2-13H,1H3;2-11H,1H3;2-10H,1H3;2*4-6H,1-3H3;2*2-6H,1H3;1-4H3. The van der Waals surface area contributed by atoms with Crippen LogP contribution in [0.5, 0.6) is 0 Å². The Kier molecular flexibility index (Phi) is 29.7. The summed E-state index contributed by atoms with van der Waals surface area (Å²) in [6.07, 6.45) is 0. The van der Waals surface area contributed by atoms with Crippen molar-refractivity contribution in [1.29, 1.82) is 0 Å². The monoisotopic (exact) mass is 1130 g/mol. The second-order valence-corrected chi connectivity index (χ2v) is 28.7. The predicted octanol–water partition coefficient (Wildman–Crippen LogP) is 23.8. The number of rotatable bonds is 5. The molecule has 0 radical (unpaired) electrons. The van der Waals surface area contributed by atoms with Gasteiger partial charge in [0.15, 0.2) is 0 Å². The molecule has 0 N–H and O–H groups in total. The SMILES string of the molecule is CN(c1ccccc1)c1ccccc1.C[Si](C)(C)C.Cc1c(F)cc(-c2ccccc2)cc1-c1ccccc1.Cc1ccc(C)c(C)c1.Cc1cccc(C)c1C.Cc1ccccc1.Cc1ccccc1.Cc1ccccc1-c1ccccc1. The van der Waals surface area contributed by atoms with E-state index in [9.17, 15) is 4.39 Å². The van der Waals surface area contributed by atoms with Gasteiger partial charge in [0.1, 0.15) is 5.82 Å². The molecule has 0 spiro atoms. The van der Waals surface area contributed by atoms with Gasteiger partial charge in [-0.3, -0.25) is 0 Å². The van der Waals surface area contributed by atoms with Crippen LogP contribution in [0.2, 0.25) is 26.2 Å². The van der Waals surface area contributed by atoms with Gasteiger partial charge in [-0.2, -0.15) is 0 Å². The molecule has 0 saturated heterocycles. The lowest BCUT2D eigenvalue weighted by Crippen LogP contribution is -2.10. The summed E-state index contributed by atoms with van der Waals surface area (Å²) in [4.78, 5) is 2.17. The van der Waals surface area contributed by atoms with Crippen molar-refractivity contribution in [2.75, 3.05) is 11.9 Å². The van der Waals surface area contributed by atoms with Crippen LogP contribution in [0.25, 0.3) is 33.4 Å². The highest BCUT2D eigenvalue weighted by molar-refractivity contribution is 6.74. The molecule has 11 aromatic rings. The number of aryl methyl sites for hydroxylation is 8. The fourth-order valence-electron chi connectivity index (χ4n) is 8.22. The van der Waals surface area contributed by atoms with Gasteiger partial charge in [0, 0.05) is 26.5 Å². The summed E-state index contributed by atoms with van der Waals surface area (Å²) in [5.74, 6) is -0.162. The van der Waals surface area contributed by atoms with Crippen LogP contribution in [0.4, 0.5) is 15.8 Å². The fourth-order valence-corrected chi connectivity index (χ4v) is 8.22. The molecule has 0 aliphatic carbocycles. The van der Waals surface area contributed by atoms with Crippen LogP contribution < -0.4 is 4.90 Å². The van der Waals surface area contributed by atoms with Crippen molar-refractivity contribution in [2.24, 2.45) is 0 Å². The molecular weight excluding hydrogens is 1030 g/mol. The van der Waals surface area contributed by atoms with Crippen LogP contribution >= 0.6 is 0 Å². The lowest BCUT2D eigenvalue weighted by atomic mass is 9.95. The Labute approximate surface area is 508 Å². The summed E-state index contributed by atoms with van der Waals surface area (Å²) in [7, 11) is 1.46. The zero-order valence-corrected chi connectivity index (χ0v) is 54.0. The Bertz CT molecular complexity index is 3420. The summed E-state index contributed by atoms with van der Waals surface area (Å²) in [6.45, 7) is 30.3. The fraction of sp³-hybridized carbons (Fsp3) is 0.185. The van der Waals surface area contributed by atoms with Crippen LogP contribution in [-0.4, -0.2) is 15.1 Å². The smallest absolute Gasteiger partial charge is 0.127 e. The summed E-state index contributed by atoms with van der Waals surface area (Å²) < 4.78 is 14.2. The average molecular weight is 1130 g/mol. The van der Waals surface area contributed by atoms with Gasteiger partial charge in [-0.05, 0) is 178 Å². The second-order valence-electron chi connectivity index (χ2n) is 22.7. The lowest BCUT2D eigenvalue weighted by molar-refractivity contribution is 0.619. The van der Waals surface area contributed by atoms with Crippen molar-refractivity contribution in [2.45, 2.75) is 95.4 Å². The highest BCUT2D eigenvalue weighted by Gasteiger charge is 2.10. The molecule has 0 saturated carbocycles. The molecule has 1 nitrogen and oxygen atoms in total. The van der Waals surface area contributed by atoms with E-state index in [1.54, 1.807) is 6.07 Å². The Morgan fingerprint density at radius 3 is 0.964 bits per heavy atom. The molecule has 0 unspecified atom stereocenters. The van der Waals surface area contributed by atoms with Crippen LogP contribution in [0.3, 0.4) is 0 Å². The first-order chi connectivity index (χ1) is 40.2. The molecule has 0 fully saturated rings. The number of anilines is 2. The molecule has 0 bridgehead atoms. The number of benzene rings is 11. The molecule has 3 heteroatoms. The van der Waals surface area contributed by atoms with Crippen molar-refractivity contribution in [3.63, 3.8) is 0 Å². The molecule has 0 amide bonds. The summed E-state index contributed by atoms with van der Waals surface area (Å²) in [5.41, 5.74) is 21.9. The number of halogens is 1. The minimum absolute atomic E-state index is 0.162. The summed E-state index contributed by atoms with van der Waals surface area (Å²) >= 11 is 0. The molecule has 0 aliphatic heterocycles. The molecule has 11 aromatic carbocycles. The third kappa shape index (κ3) is 26.1. The van der Waals surface area contributed by atoms with Gasteiger partial charge >= 0.3 is 0 Å². The first-order valence-electron chi connectivity index (χ1n) is 29.2. The third-order valence-corrected chi connectivity index (χ3v) is 13.5. The van der Waals surface area contributed by atoms with Crippen molar-refractivity contribution in [1.82, 2.24) is 0 Å². The minimum Gasteiger partial charge on any atom is -0.345 e. The number of hydrogen-bond acceptors (Lipinski definition) is 1. The molecule has 0 atom stereocenters. The van der Waals surface area contributed by atoms with Crippen LogP contribution in [0.1, 0.15) is 55.6 Å². The van der Waals surface area contributed by atoms with E-state index in [-0.39, 0.29) is 5.82 Å². The van der Waals surface area contributed by atoms with E-state index in [1.807, 2.05) is 122 Å². The van der Waals surface area contributed by atoms with E-state index in [0.29, 0.717) is 5.56 Å². The van der Waals surface area contributed by atoms with Crippen molar-refractivity contribution in [3.05, 3.63) is 347 Å². The van der Waals surface area contributed by atoms with Crippen LogP contribution in [-0.2, 0) is 0 Å². The van der Waals surface area contributed by atoms with E-state index >= 15 is 0 Å². The predicted molar refractivity (Wildman–Crippen MR) is 372 cm³/mol. The molecule has 0 aliphatic rings. The molecule has 11 rings (SSSR count). The lowest BCUT2D eigenvalue weighted by Gasteiger charge is -2.18. The summed E-state index contributed by atoms with van der Waals surface area (Å²) in [5, 5.41) is 0. The molecule has 0 aromatic heterocycles. The molecule has 432 valence electrons. The van der Waals surface area contributed by atoms with Crippen molar-refractivity contribution in [3.8, 4) is 33.4 Å². The van der Waals surface area contributed by atoms with Gasteiger partial charge < -0.3 is 4.90 Å². The highest BCUT2D eigenvalue weighted by Crippen LogP contribution is 2.31. The maximum absolute atomic E-state index is 14.2. The van der Waals surface area contributed by atoms with Crippen molar-refractivity contribution >= 4 is 19.4 Å². The van der Waals surface area contributed by atoms with Gasteiger partial charge in [-0.1, -0.05) is 292 Å². The Morgan fingerprint density at radius 2 is 0.607 bits per heavy atom. The van der Waals surface area contributed by atoms with E-state index in [0.717, 1.165) is 22.3 Å². The van der Waals surface area contributed by atoms with Crippen molar-refractivity contribution < 1.29 is 4.39 Å². The molecular formula is C81H92FNSi. The first-order valence-corrected chi connectivity index (χ1v) is 33.2. The number of nitrogens with zero attached hydrogens (tertiary/aromatic N) is 1. The topological polar surface area (TPSA) is 3.24 Å². The minimum atomic E-state index is -0.611. The molecule has 84 heavy (non-hydrogen) atoms. The number of para-hydroxylation sites is 2. The van der Waals surface area contributed by atoms with Gasteiger partial charge in [0.2, 0.25) is 0 Å². The van der Waals surface area contributed by atoms with Crippen LogP contribution in [0, 0.1) is 75.1 Å². The van der Waals surface area contributed by atoms with E-state index in [4.69, 9.17) is 0 Å². The van der Waals surface area contributed by atoms with Gasteiger partial charge in [0.05, 0.1) is 0 Å². The highest BCUT2D eigenvalue weighted by atomic mass is 28.3. The van der Waals surface area contributed by atoms with E-state index in [2.05, 4.69) is 264 Å². The van der Waals surface area contributed by atoms with Gasteiger partial charge in [0.25, 0.3) is 0 Å². The second kappa shape index (κ2) is 36.7. The Morgan fingerprint density at radius 1 is 0.262 bits per heavy atom. The number of hydrogen-bond donors (Lipinski definition) is 0. The zero-order valence-electron chi connectivity index (χ0n) is 53.0. The first kappa shape index (κ1) is 67.9. The van der Waals surface area contributed by atoms with E-state index < -0.39 is 8.07 Å². The third-order valence-electron chi connectivity index (χ3n) is 13.5. The quantitative estimate of drug-likeness (QED) is 0.155. The largest absolute Gasteiger partial charge is 0.345 e. The Balaban J connectivity index is 0.000000214. The average Bonchev–Trinajstić information content (AvgIpc) is 3.65. The zero-order chi connectivity index (χ0) is 61.3. The van der Waals surface area contributed by atoms with Crippen LogP contribution in [0.15, 0.2) is 285 Å².